The van der Waals surface area contributed by atoms with Crippen LogP contribution in [0.1, 0.15) is 11.6 Å². The molecule has 4 heteroatoms. The van der Waals surface area contributed by atoms with Crippen molar-refractivity contribution in [3.63, 3.8) is 0 Å². The van der Waals surface area contributed by atoms with E-state index < -0.39 is 0 Å². The molecular formula is C15H16ClNO2. The molecule has 19 heavy (non-hydrogen) atoms. The van der Waals surface area contributed by atoms with Gasteiger partial charge in [-0.1, -0.05) is 29.8 Å². The number of rotatable bonds is 5. The Bertz CT molecular complexity index is 545. The first kappa shape index (κ1) is 13.7. The molecule has 0 aromatic heterocycles. The molecule has 0 aliphatic heterocycles. The molecule has 0 fully saturated rings. The SMILES string of the molecule is COc1cccc(C(CO)Nc2cccc(Cl)c2)c1. The summed E-state index contributed by atoms with van der Waals surface area (Å²) in [5.41, 5.74) is 1.83. The number of nitrogens with one attached hydrogen (secondary N) is 1. The predicted octanol–water partition coefficient (Wildman–Crippen LogP) is 3.49. The van der Waals surface area contributed by atoms with E-state index in [4.69, 9.17) is 16.3 Å². The highest BCUT2D eigenvalue weighted by molar-refractivity contribution is 6.30. The molecule has 2 aromatic carbocycles. The number of hydrogen-bond acceptors (Lipinski definition) is 3. The van der Waals surface area contributed by atoms with Crippen LogP contribution in [0.4, 0.5) is 5.69 Å². The summed E-state index contributed by atoms with van der Waals surface area (Å²) >= 11 is 5.94. The fourth-order valence-corrected chi connectivity index (χ4v) is 2.06. The first-order valence-corrected chi connectivity index (χ1v) is 6.37. The lowest BCUT2D eigenvalue weighted by Gasteiger charge is -2.18. The minimum Gasteiger partial charge on any atom is -0.497 e. The fourth-order valence-electron chi connectivity index (χ4n) is 1.87. The molecule has 0 amide bonds. The summed E-state index contributed by atoms with van der Waals surface area (Å²) in [6, 6.07) is 14.8. The van der Waals surface area contributed by atoms with Crippen molar-refractivity contribution >= 4 is 17.3 Å². The van der Waals surface area contributed by atoms with Gasteiger partial charge in [-0.3, -0.25) is 0 Å². The largest absolute Gasteiger partial charge is 0.497 e. The highest BCUT2D eigenvalue weighted by Gasteiger charge is 2.11. The van der Waals surface area contributed by atoms with Crippen molar-refractivity contribution < 1.29 is 9.84 Å². The van der Waals surface area contributed by atoms with Crippen LogP contribution >= 0.6 is 11.6 Å². The van der Waals surface area contributed by atoms with Gasteiger partial charge in [0.2, 0.25) is 0 Å². The Hall–Kier alpha value is -1.71. The Morgan fingerprint density at radius 3 is 2.68 bits per heavy atom. The molecular weight excluding hydrogens is 262 g/mol. The highest BCUT2D eigenvalue weighted by Crippen LogP contribution is 2.24. The van der Waals surface area contributed by atoms with Crippen LogP contribution in [0.2, 0.25) is 5.02 Å². The number of aliphatic hydroxyl groups excluding tert-OH is 1. The van der Waals surface area contributed by atoms with Crippen molar-refractivity contribution in [2.45, 2.75) is 6.04 Å². The Morgan fingerprint density at radius 2 is 2.00 bits per heavy atom. The maximum absolute atomic E-state index is 9.54. The number of ether oxygens (including phenoxy) is 1. The van der Waals surface area contributed by atoms with Gasteiger partial charge < -0.3 is 15.2 Å². The van der Waals surface area contributed by atoms with Crippen LogP contribution in [0.25, 0.3) is 0 Å². The van der Waals surface area contributed by atoms with Crippen molar-refractivity contribution in [3.8, 4) is 5.75 Å². The zero-order chi connectivity index (χ0) is 13.7. The minimum atomic E-state index is -0.200. The third-order valence-corrected chi connectivity index (χ3v) is 3.08. The van der Waals surface area contributed by atoms with Crippen molar-refractivity contribution in [1.29, 1.82) is 0 Å². The third kappa shape index (κ3) is 3.63. The first-order valence-electron chi connectivity index (χ1n) is 6.00. The van der Waals surface area contributed by atoms with E-state index in [1.165, 1.54) is 0 Å². The second-order valence-corrected chi connectivity index (χ2v) is 4.60. The van der Waals surface area contributed by atoms with Crippen LogP contribution in [0.15, 0.2) is 48.5 Å². The number of anilines is 1. The molecule has 1 atom stereocenters. The highest BCUT2D eigenvalue weighted by atomic mass is 35.5. The van der Waals surface area contributed by atoms with Crippen LogP contribution < -0.4 is 10.1 Å². The van der Waals surface area contributed by atoms with Crippen LogP contribution in [0.5, 0.6) is 5.75 Å². The Kier molecular flexibility index (Phi) is 4.66. The summed E-state index contributed by atoms with van der Waals surface area (Å²) in [7, 11) is 1.62. The molecule has 0 saturated heterocycles. The molecule has 2 rings (SSSR count). The summed E-state index contributed by atoms with van der Waals surface area (Å²) in [4.78, 5) is 0. The molecule has 0 radical (unpaired) electrons. The van der Waals surface area contributed by atoms with Gasteiger partial charge in [0.15, 0.2) is 0 Å². The topological polar surface area (TPSA) is 41.5 Å². The zero-order valence-electron chi connectivity index (χ0n) is 10.6. The summed E-state index contributed by atoms with van der Waals surface area (Å²) in [6.45, 7) is -0.0142. The van der Waals surface area contributed by atoms with Gasteiger partial charge in [-0.15, -0.1) is 0 Å². The Labute approximate surface area is 117 Å². The number of methoxy groups -OCH3 is 1. The monoisotopic (exact) mass is 277 g/mol. The van der Waals surface area contributed by atoms with Crippen molar-refractivity contribution in [3.05, 3.63) is 59.1 Å². The van der Waals surface area contributed by atoms with Crippen molar-refractivity contribution in [2.75, 3.05) is 19.0 Å². The van der Waals surface area contributed by atoms with E-state index in [1.54, 1.807) is 7.11 Å². The van der Waals surface area contributed by atoms with Crippen LogP contribution in [0.3, 0.4) is 0 Å². The van der Waals surface area contributed by atoms with Crippen molar-refractivity contribution in [1.82, 2.24) is 0 Å². The molecule has 100 valence electrons. The third-order valence-electron chi connectivity index (χ3n) is 2.84. The molecule has 0 saturated carbocycles. The van der Waals surface area contributed by atoms with E-state index in [9.17, 15) is 5.11 Å². The normalized spacial score (nSPS) is 11.9. The molecule has 0 aliphatic carbocycles. The number of hydrogen-bond donors (Lipinski definition) is 2. The van der Waals surface area contributed by atoms with E-state index in [2.05, 4.69) is 5.32 Å². The molecule has 2 aromatic rings. The summed E-state index contributed by atoms with van der Waals surface area (Å²) in [6.07, 6.45) is 0. The van der Waals surface area contributed by atoms with E-state index in [-0.39, 0.29) is 12.6 Å². The van der Waals surface area contributed by atoms with Crippen molar-refractivity contribution in [2.24, 2.45) is 0 Å². The summed E-state index contributed by atoms with van der Waals surface area (Å²) in [5.74, 6) is 0.767. The number of halogens is 1. The van der Waals surface area contributed by atoms with Gasteiger partial charge >= 0.3 is 0 Å². The lowest BCUT2D eigenvalue weighted by Crippen LogP contribution is -2.14. The van der Waals surface area contributed by atoms with Gasteiger partial charge in [0.05, 0.1) is 19.8 Å². The lowest BCUT2D eigenvalue weighted by molar-refractivity contribution is 0.276. The maximum Gasteiger partial charge on any atom is 0.119 e. The quantitative estimate of drug-likeness (QED) is 0.879. The van der Waals surface area contributed by atoms with Gasteiger partial charge in [0.25, 0.3) is 0 Å². The average molecular weight is 278 g/mol. The van der Waals surface area contributed by atoms with Gasteiger partial charge in [-0.25, -0.2) is 0 Å². The van der Waals surface area contributed by atoms with E-state index in [1.807, 2.05) is 48.5 Å². The summed E-state index contributed by atoms with van der Waals surface area (Å²) in [5, 5.41) is 13.4. The van der Waals surface area contributed by atoms with E-state index in [0.29, 0.717) is 5.02 Å². The predicted molar refractivity (Wildman–Crippen MR) is 77.9 cm³/mol. The average Bonchev–Trinajstić information content (AvgIpc) is 2.45. The maximum atomic E-state index is 9.54. The molecule has 0 heterocycles. The Morgan fingerprint density at radius 1 is 1.21 bits per heavy atom. The van der Waals surface area contributed by atoms with Gasteiger partial charge in [-0.05, 0) is 35.9 Å². The smallest absolute Gasteiger partial charge is 0.119 e. The standard InChI is InChI=1S/C15H16ClNO2/c1-19-14-7-2-4-11(8-14)15(10-18)17-13-6-3-5-12(16)9-13/h2-9,15,17-18H,10H2,1H3. The zero-order valence-corrected chi connectivity index (χ0v) is 11.4. The van der Waals surface area contributed by atoms with Crippen LogP contribution in [-0.2, 0) is 0 Å². The number of benzene rings is 2. The summed E-state index contributed by atoms with van der Waals surface area (Å²) < 4.78 is 5.19. The molecule has 3 nitrogen and oxygen atoms in total. The molecule has 0 bridgehead atoms. The Balaban J connectivity index is 2.19. The van der Waals surface area contributed by atoms with Gasteiger partial charge in [0, 0.05) is 10.7 Å². The molecule has 0 spiro atoms. The molecule has 2 N–H and O–H groups in total. The van der Waals surface area contributed by atoms with Gasteiger partial charge in [-0.2, -0.15) is 0 Å². The fraction of sp³-hybridized carbons (Fsp3) is 0.200. The van der Waals surface area contributed by atoms with Crippen LogP contribution in [0, 0.1) is 0 Å². The second kappa shape index (κ2) is 6.45. The number of aliphatic hydroxyl groups is 1. The molecule has 1 unspecified atom stereocenters. The lowest BCUT2D eigenvalue weighted by atomic mass is 10.1. The van der Waals surface area contributed by atoms with Crippen LogP contribution in [-0.4, -0.2) is 18.8 Å². The first-order chi connectivity index (χ1) is 9.22. The van der Waals surface area contributed by atoms with Gasteiger partial charge in [0.1, 0.15) is 5.75 Å². The molecule has 0 aliphatic rings. The van der Waals surface area contributed by atoms with E-state index >= 15 is 0 Å². The van der Waals surface area contributed by atoms with E-state index in [0.717, 1.165) is 17.0 Å². The second-order valence-electron chi connectivity index (χ2n) is 4.17. The minimum absolute atomic E-state index is 0.0142.